The van der Waals surface area contributed by atoms with Crippen LogP contribution in [0.4, 0.5) is 0 Å². The van der Waals surface area contributed by atoms with Crippen LogP contribution in [-0.4, -0.2) is 63.5 Å². The van der Waals surface area contributed by atoms with E-state index in [0.29, 0.717) is 6.10 Å². The van der Waals surface area contributed by atoms with E-state index < -0.39 is 0 Å². The monoisotopic (exact) mass is 481 g/mol. The molecule has 0 saturated carbocycles. The molecular weight excluding hydrogens is 449 g/mol. The Morgan fingerprint density at radius 2 is 2.16 bits per heavy atom. The largest absolute Gasteiger partial charge is 0.385 e. The molecule has 0 spiro atoms. The van der Waals surface area contributed by atoms with Crippen LogP contribution in [0.1, 0.15) is 31.1 Å². The van der Waals surface area contributed by atoms with Gasteiger partial charge in [-0.1, -0.05) is 6.07 Å². The molecule has 25 heavy (non-hydrogen) atoms. The number of hydrogen-bond acceptors (Lipinski definition) is 4. The molecule has 1 fully saturated rings. The third-order valence-electron chi connectivity index (χ3n) is 4.12. The quantitative estimate of drug-likeness (QED) is 0.254. The molecule has 7 heteroatoms. The molecule has 2 heterocycles. The first kappa shape index (κ1) is 22.7. The average molecular weight is 481 g/mol. The minimum Gasteiger partial charge on any atom is -0.385 e. The van der Waals surface area contributed by atoms with Crippen molar-refractivity contribution in [3.63, 3.8) is 0 Å². The van der Waals surface area contributed by atoms with Crippen molar-refractivity contribution in [2.24, 2.45) is 4.99 Å². The number of nitrogens with one attached hydrogen (secondary N) is 1. The maximum atomic E-state index is 5.94. The summed E-state index contributed by atoms with van der Waals surface area (Å²) >= 11 is 1.81. The first-order valence-electron chi connectivity index (χ1n) is 8.99. The van der Waals surface area contributed by atoms with Gasteiger partial charge in [0.15, 0.2) is 5.96 Å². The summed E-state index contributed by atoms with van der Waals surface area (Å²) in [5.41, 5.74) is 0. The van der Waals surface area contributed by atoms with Gasteiger partial charge in [0.05, 0.1) is 6.10 Å². The van der Waals surface area contributed by atoms with Crippen LogP contribution in [0.3, 0.4) is 0 Å². The van der Waals surface area contributed by atoms with Crippen molar-refractivity contribution in [3.8, 4) is 0 Å². The highest BCUT2D eigenvalue weighted by Gasteiger charge is 2.21. The smallest absolute Gasteiger partial charge is 0.193 e. The predicted octanol–water partition coefficient (Wildman–Crippen LogP) is 3.39. The lowest BCUT2D eigenvalue weighted by Gasteiger charge is -2.34. The first-order chi connectivity index (χ1) is 11.8. The molecule has 0 aliphatic carbocycles. The van der Waals surface area contributed by atoms with Crippen LogP contribution in [0.5, 0.6) is 0 Å². The van der Waals surface area contributed by atoms with Gasteiger partial charge in [0.2, 0.25) is 0 Å². The summed E-state index contributed by atoms with van der Waals surface area (Å²) in [6.45, 7) is 7.48. The van der Waals surface area contributed by atoms with E-state index in [1.165, 1.54) is 4.88 Å². The van der Waals surface area contributed by atoms with Crippen LogP contribution < -0.4 is 5.32 Å². The lowest BCUT2D eigenvalue weighted by molar-refractivity contribution is 0.00991. The lowest BCUT2D eigenvalue weighted by atomic mass is 10.1. The average Bonchev–Trinajstić information content (AvgIpc) is 3.12. The molecular formula is C18H32IN3O2S. The number of nitrogens with zero attached hydrogens (tertiary/aromatic N) is 2. The highest BCUT2D eigenvalue weighted by Crippen LogP contribution is 2.14. The van der Waals surface area contributed by atoms with Crippen LogP contribution in [0.25, 0.3) is 0 Å². The zero-order valence-corrected chi connectivity index (χ0v) is 18.6. The van der Waals surface area contributed by atoms with E-state index in [1.807, 2.05) is 0 Å². The summed E-state index contributed by atoms with van der Waals surface area (Å²) in [5.74, 6) is 1.05. The highest BCUT2D eigenvalue weighted by molar-refractivity contribution is 14.0. The Morgan fingerprint density at radius 3 is 2.80 bits per heavy atom. The van der Waals surface area contributed by atoms with Crippen molar-refractivity contribution < 1.29 is 9.47 Å². The summed E-state index contributed by atoms with van der Waals surface area (Å²) < 4.78 is 11.0. The molecule has 0 aromatic carbocycles. The Morgan fingerprint density at radius 1 is 1.36 bits per heavy atom. The van der Waals surface area contributed by atoms with Crippen molar-refractivity contribution >= 4 is 41.3 Å². The summed E-state index contributed by atoms with van der Waals surface area (Å²) in [6, 6.07) is 4.28. The third-order valence-corrected chi connectivity index (χ3v) is 5.06. The molecule has 1 N–H and O–H groups in total. The number of ether oxygens (including phenoxy) is 2. The van der Waals surface area contributed by atoms with E-state index in [4.69, 9.17) is 14.5 Å². The number of aliphatic imine (C=N–C) groups is 1. The minimum atomic E-state index is 0. The minimum absolute atomic E-state index is 0. The molecule has 0 amide bonds. The van der Waals surface area contributed by atoms with Crippen LogP contribution >= 0.6 is 35.3 Å². The number of rotatable bonds is 9. The fourth-order valence-electron chi connectivity index (χ4n) is 2.84. The van der Waals surface area contributed by atoms with E-state index in [0.717, 1.165) is 71.0 Å². The fraction of sp³-hybridized carbons (Fsp3) is 0.722. The zero-order chi connectivity index (χ0) is 17.0. The van der Waals surface area contributed by atoms with Gasteiger partial charge >= 0.3 is 0 Å². The van der Waals surface area contributed by atoms with Gasteiger partial charge in [-0.25, -0.2) is 0 Å². The van der Waals surface area contributed by atoms with Gasteiger partial charge in [0, 0.05) is 57.8 Å². The van der Waals surface area contributed by atoms with Gasteiger partial charge in [0.1, 0.15) is 0 Å². The fourth-order valence-corrected chi connectivity index (χ4v) is 3.54. The Bertz CT molecular complexity index is 463. The van der Waals surface area contributed by atoms with E-state index in [9.17, 15) is 0 Å². The second-order valence-electron chi connectivity index (χ2n) is 5.97. The van der Waals surface area contributed by atoms with Gasteiger partial charge in [-0.2, -0.15) is 0 Å². The second kappa shape index (κ2) is 13.8. The van der Waals surface area contributed by atoms with Crippen molar-refractivity contribution in [2.45, 2.75) is 38.7 Å². The molecule has 144 valence electrons. The number of likely N-dealkylation sites (tertiary alicyclic amines) is 1. The predicted molar refractivity (Wildman–Crippen MR) is 116 cm³/mol. The summed E-state index contributed by atoms with van der Waals surface area (Å²) in [7, 11) is 1.73. The summed E-state index contributed by atoms with van der Waals surface area (Å²) in [5, 5.41) is 5.56. The third kappa shape index (κ3) is 8.70. The Balaban J connectivity index is 0.00000312. The number of methoxy groups -OCH3 is 1. The van der Waals surface area contributed by atoms with Crippen molar-refractivity contribution in [3.05, 3.63) is 22.4 Å². The van der Waals surface area contributed by atoms with Gasteiger partial charge in [-0.3, -0.25) is 4.99 Å². The van der Waals surface area contributed by atoms with Gasteiger partial charge < -0.3 is 19.7 Å². The molecule has 0 unspecified atom stereocenters. The van der Waals surface area contributed by atoms with Crippen molar-refractivity contribution in [1.82, 2.24) is 10.2 Å². The molecule has 0 atom stereocenters. The molecule has 1 aromatic rings. The topological polar surface area (TPSA) is 46.1 Å². The van der Waals surface area contributed by atoms with Crippen LogP contribution in [0.2, 0.25) is 0 Å². The molecule has 0 radical (unpaired) electrons. The summed E-state index contributed by atoms with van der Waals surface area (Å²) in [6.07, 6.45) is 4.52. The Labute approximate surface area is 173 Å². The van der Waals surface area contributed by atoms with E-state index >= 15 is 0 Å². The molecule has 5 nitrogen and oxygen atoms in total. The van der Waals surface area contributed by atoms with E-state index in [-0.39, 0.29) is 24.0 Å². The maximum absolute atomic E-state index is 5.94. The van der Waals surface area contributed by atoms with Gasteiger partial charge in [-0.15, -0.1) is 35.3 Å². The summed E-state index contributed by atoms with van der Waals surface area (Å²) in [4.78, 5) is 8.57. The maximum Gasteiger partial charge on any atom is 0.193 e. The molecule has 2 rings (SSSR count). The SMILES string of the molecule is CCNC(=NCCc1cccs1)N1CCC(OCCCOC)CC1.I. The highest BCUT2D eigenvalue weighted by atomic mass is 127. The standard InChI is InChI=1S/C18H31N3O2S.HI/c1-3-19-18(20-10-7-17-6-4-15-24-17)21-11-8-16(9-12-21)23-14-5-13-22-2;/h4,6,15-16H,3,5,7-14H2,1-2H3,(H,19,20);1H. The molecule has 1 aliphatic rings. The Hall–Kier alpha value is -0.380. The number of hydrogen-bond donors (Lipinski definition) is 1. The first-order valence-corrected chi connectivity index (χ1v) is 9.87. The molecule has 0 bridgehead atoms. The number of guanidine groups is 1. The van der Waals surface area contributed by atoms with E-state index in [2.05, 4.69) is 34.7 Å². The van der Waals surface area contributed by atoms with Gasteiger partial charge in [0.25, 0.3) is 0 Å². The molecule has 1 aliphatic heterocycles. The molecule has 1 saturated heterocycles. The van der Waals surface area contributed by atoms with Crippen LogP contribution in [0, 0.1) is 0 Å². The Kier molecular flexibility index (Phi) is 12.5. The lowest BCUT2D eigenvalue weighted by Crippen LogP contribution is -2.47. The zero-order valence-electron chi connectivity index (χ0n) is 15.4. The number of thiophene rings is 1. The number of halogens is 1. The normalized spacial score (nSPS) is 15.9. The molecule has 1 aromatic heterocycles. The van der Waals surface area contributed by atoms with Crippen molar-refractivity contribution in [1.29, 1.82) is 0 Å². The van der Waals surface area contributed by atoms with Gasteiger partial charge in [-0.05, 0) is 37.6 Å². The van der Waals surface area contributed by atoms with Crippen molar-refractivity contribution in [2.75, 3.05) is 46.5 Å². The second-order valence-corrected chi connectivity index (χ2v) is 7.00. The number of piperidine rings is 1. The van der Waals surface area contributed by atoms with E-state index in [1.54, 1.807) is 18.4 Å². The van der Waals surface area contributed by atoms with Crippen LogP contribution in [0.15, 0.2) is 22.5 Å². The van der Waals surface area contributed by atoms with Crippen LogP contribution in [-0.2, 0) is 15.9 Å².